The zero-order valence-corrected chi connectivity index (χ0v) is 47.1. The molecule has 10 bridgehead atoms. The number of hydrogen-bond donors (Lipinski definition) is 6. The van der Waals surface area contributed by atoms with Crippen LogP contribution in [-0.4, -0.2) is 65.6 Å². The van der Waals surface area contributed by atoms with Gasteiger partial charge in [0.2, 0.25) is 0 Å². The van der Waals surface area contributed by atoms with Gasteiger partial charge in [0, 0.05) is 66.3 Å². The summed E-state index contributed by atoms with van der Waals surface area (Å²) in [5.74, 6) is 3.37. The van der Waals surface area contributed by atoms with Crippen molar-refractivity contribution in [1.82, 2.24) is 0 Å². The maximum Gasteiger partial charge on any atom is 0.192 e. The third-order valence-corrected chi connectivity index (χ3v) is 16.6. The number of carbonyl (C=O) groups is 1. The van der Waals surface area contributed by atoms with E-state index in [9.17, 15) is 25.2 Å². The number of Topliss-reactive ketones (excluding diaryl/α,β-unsaturated/α-hetero) is 1. The van der Waals surface area contributed by atoms with Gasteiger partial charge in [-0.3, -0.25) is 9.79 Å². The van der Waals surface area contributed by atoms with Gasteiger partial charge in [-0.15, -0.1) is 0 Å². The first kappa shape index (κ1) is 57.4. The average molecular weight is 1080 g/mol. The van der Waals surface area contributed by atoms with Crippen molar-refractivity contribution >= 4 is 34.3 Å². The van der Waals surface area contributed by atoms with Crippen LogP contribution in [0, 0.1) is 23.9 Å². The molecule has 5 aromatic rings. The number of aliphatic imine (C=N–C) groups is 1. The Balaban J connectivity index is 1.18. The topological polar surface area (TPSA) is 185 Å². The Labute approximate surface area is 472 Å². The van der Waals surface area contributed by atoms with E-state index in [4.69, 9.17) is 24.7 Å². The molecular formula is C68H79N3O9. The predicted octanol–water partition coefficient (Wildman–Crippen LogP) is 13.0. The van der Waals surface area contributed by atoms with Crippen molar-refractivity contribution in [3.05, 3.63) is 170 Å². The number of ketones is 1. The number of nitrogens with one attached hydrogen (secondary N) is 1. The molecule has 6 unspecified atom stereocenters. The standard InChI is InChI=1S/C68H79N3O9/c1-6-8-9-19-53-45(17-13-20-60(53)71-68(69)70-4)15-10-11-16-46-35-48-24-27-52(47-18-12-14-43(33-47)29-31-78-7-2)55-30-32-79-51(36-49(46)37-61(48)73)38-50(72)25-22-44-23-28-63(77-5)64(34-44)80-41-59-54-26-21-42(3)56-40-62(74)66(55)58(65(54)56)39-57(59)67(75)76/h12-14,17-18,20-21,23-24,26-28,33-35,37,39-40,42,46,49,51-52,55,67,73-76H,6-11,15-16,19,22,25,29,31,36,38,41H2,1-5H3,(H3,69,70,71). The Morgan fingerprint density at radius 3 is 2.58 bits per heavy atom. The number of carbonyl (C=O) groups excluding carboxylic acids is 1. The third-order valence-electron chi connectivity index (χ3n) is 16.6. The van der Waals surface area contributed by atoms with Gasteiger partial charge in [-0.05, 0) is 156 Å². The number of aromatic hydroxyl groups is 1. The molecular weight excluding hydrogens is 1000 g/mol. The Morgan fingerprint density at radius 2 is 1.77 bits per heavy atom. The number of aliphatic hydroxyl groups is 3. The molecule has 6 atom stereocenters. The lowest BCUT2D eigenvalue weighted by molar-refractivity contribution is -0.121. The predicted molar refractivity (Wildman–Crippen MR) is 318 cm³/mol. The highest BCUT2D eigenvalue weighted by Crippen LogP contribution is 2.49. The van der Waals surface area contributed by atoms with Gasteiger partial charge < -0.3 is 50.4 Å². The van der Waals surface area contributed by atoms with Gasteiger partial charge in [0.05, 0.1) is 19.6 Å². The number of phenolic OH excluding ortho intramolecular Hbond substituents is 1. The van der Waals surface area contributed by atoms with E-state index >= 15 is 0 Å². The fraction of sp³-hybridized carbons (Fsp3) is 0.412. The minimum Gasteiger partial charge on any atom is -0.508 e. The van der Waals surface area contributed by atoms with Gasteiger partial charge in [-0.25, -0.2) is 0 Å². The van der Waals surface area contributed by atoms with Crippen molar-refractivity contribution < 1.29 is 44.2 Å². The molecule has 0 aromatic heterocycles. The van der Waals surface area contributed by atoms with Gasteiger partial charge in [0.15, 0.2) is 23.7 Å². The molecule has 6 aliphatic rings. The summed E-state index contributed by atoms with van der Waals surface area (Å²) in [7, 11) is 3.26. The number of methoxy groups -OCH3 is 1. The number of fused-ring (bicyclic) bond motifs is 7. The van der Waals surface area contributed by atoms with E-state index in [1.807, 2.05) is 61.6 Å². The number of unbranched alkanes of at least 4 members (excludes halogenated alkanes) is 3. The molecule has 7 N–H and O–H groups in total. The number of rotatable bonds is 17. The number of nitrogens with two attached hydrogens (primary N) is 1. The second-order valence-corrected chi connectivity index (χ2v) is 21.9. The van der Waals surface area contributed by atoms with Crippen LogP contribution in [0.4, 0.5) is 5.69 Å². The molecule has 11 rings (SSSR count). The number of benzene rings is 5. The fourth-order valence-corrected chi connectivity index (χ4v) is 12.3. The van der Waals surface area contributed by atoms with Crippen LogP contribution in [0.15, 0.2) is 120 Å². The number of ether oxygens (including phenoxy) is 4. The Bertz CT molecular complexity index is 3270. The number of allylic oxidation sites excluding steroid dienone is 5. The SMILES string of the molecule is CCCCCc1c(CCCCC2C=C3C=CC(c4cccc(CCOCC)c4)C4C#COC(CC(=O)CCc5ccc(OC)c(c5)OCc5c(C(O)O)cc6c4c(O)cc4c6c5C=CC4C)CC2C=C3O)cccc1NC(N)=NC. The van der Waals surface area contributed by atoms with E-state index < -0.39 is 24.2 Å². The zero-order chi connectivity index (χ0) is 56.3. The first-order chi connectivity index (χ1) is 38.9. The van der Waals surface area contributed by atoms with Crippen LogP contribution in [0.25, 0.3) is 16.8 Å². The molecule has 420 valence electrons. The number of anilines is 1. The van der Waals surface area contributed by atoms with E-state index in [2.05, 4.69) is 84.7 Å². The number of aliphatic hydroxyl groups excluding tert-OH is 2. The molecule has 4 aliphatic heterocycles. The molecule has 12 nitrogen and oxygen atoms in total. The summed E-state index contributed by atoms with van der Waals surface area (Å²) < 4.78 is 24.9. The lowest BCUT2D eigenvalue weighted by Gasteiger charge is -2.30. The fourth-order valence-electron chi connectivity index (χ4n) is 12.3. The van der Waals surface area contributed by atoms with E-state index in [0.29, 0.717) is 72.0 Å². The summed E-state index contributed by atoms with van der Waals surface area (Å²) in [6.07, 6.45) is 22.6. The summed E-state index contributed by atoms with van der Waals surface area (Å²) >= 11 is 0. The summed E-state index contributed by atoms with van der Waals surface area (Å²) in [6.45, 7) is 7.37. The van der Waals surface area contributed by atoms with E-state index in [1.165, 1.54) is 11.1 Å². The first-order valence-corrected chi connectivity index (χ1v) is 28.8. The Hall–Kier alpha value is -7.30. The average Bonchev–Trinajstić information content (AvgIpc) is 3.48. The van der Waals surface area contributed by atoms with E-state index in [-0.39, 0.29) is 60.1 Å². The highest BCUT2D eigenvalue weighted by molar-refractivity contribution is 6.01. The van der Waals surface area contributed by atoms with Gasteiger partial charge in [0.1, 0.15) is 36.1 Å². The van der Waals surface area contributed by atoms with Gasteiger partial charge in [-0.2, -0.15) is 0 Å². The number of nitrogens with zero attached hydrogens (tertiary/aromatic N) is 1. The van der Waals surface area contributed by atoms with Crippen LogP contribution in [0.1, 0.15) is 158 Å². The van der Waals surface area contributed by atoms with Crippen LogP contribution in [0.2, 0.25) is 0 Å². The first-order valence-electron chi connectivity index (χ1n) is 28.8. The van der Waals surface area contributed by atoms with Crippen molar-refractivity contribution in [3.63, 3.8) is 0 Å². The van der Waals surface area contributed by atoms with Gasteiger partial charge in [-0.1, -0.05) is 112 Å². The number of aryl methyl sites for hydroxylation is 2. The second kappa shape index (κ2) is 26.8. The van der Waals surface area contributed by atoms with E-state index in [0.717, 1.165) is 90.3 Å². The van der Waals surface area contributed by atoms with Crippen LogP contribution in [0.5, 0.6) is 17.2 Å². The smallest absolute Gasteiger partial charge is 0.192 e. The highest BCUT2D eigenvalue weighted by Gasteiger charge is 2.34. The monoisotopic (exact) mass is 1080 g/mol. The summed E-state index contributed by atoms with van der Waals surface area (Å²) in [5, 5.41) is 52.2. The second-order valence-electron chi connectivity index (χ2n) is 21.9. The van der Waals surface area contributed by atoms with Gasteiger partial charge >= 0.3 is 0 Å². The molecule has 4 heterocycles. The minimum atomic E-state index is -1.91. The summed E-state index contributed by atoms with van der Waals surface area (Å²) in [6, 6.07) is 23.9. The van der Waals surface area contributed by atoms with E-state index in [1.54, 1.807) is 20.2 Å². The molecule has 12 heteroatoms. The molecule has 0 amide bonds. The Kier molecular flexibility index (Phi) is 19.2. The van der Waals surface area contributed by atoms with Crippen molar-refractivity contribution in [2.75, 3.05) is 32.7 Å². The lowest BCUT2D eigenvalue weighted by atomic mass is 9.74. The molecule has 0 radical (unpaired) electrons. The van der Waals surface area contributed by atoms with Crippen LogP contribution in [0.3, 0.4) is 0 Å². The van der Waals surface area contributed by atoms with Gasteiger partial charge in [0.25, 0.3) is 0 Å². The maximum atomic E-state index is 14.3. The minimum absolute atomic E-state index is 0.00498. The molecule has 5 aromatic carbocycles. The van der Waals surface area contributed by atoms with Crippen LogP contribution >= 0.6 is 0 Å². The third kappa shape index (κ3) is 13.3. The van der Waals surface area contributed by atoms with Crippen molar-refractivity contribution in [3.8, 4) is 29.3 Å². The molecule has 0 fully saturated rings. The zero-order valence-electron chi connectivity index (χ0n) is 47.1. The highest BCUT2D eigenvalue weighted by atomic mass is 16.5. The number of hydrogen-bond acceptors (Lipinski definition) is 10. The van der Waals surface area contributed by atoms with Crippen LogP contribution in [-0.2, 0) is 46.6 Å². The van der Waals surface area contributed by atoms with Crippen molar-refractivity contribution in [1.29, 1.82) is 0 Å². The van der Waals surface area contributed by atoms with Crippen molar-refractivity contribution in [2.24, 2.45) is 22.6 Å². The quantitative estimate of drug-likeness (QED) is 0.0171. The molecule has 0 saturated carbocycles. The summed E-state index contributed by atoms with van der Waals surface area (Å²) in [4.78, 5) is 18.5. The lowest BCUT2D eigenvalue weighted by Crippen LogP contribution is -2.25. The molecule has 0 saturated heterocycles. The molecule has 0 spiro atoms. The number of guanidine groups is 1. The molecule has 80 heavy (non-hydrogen) atoms. The normalized spacial score (nSPS) is 20.9. The maximum absolute atomic E-state index is 14.3. The number of phenols is 1. The van der Waals surface area contributed by atoms with Crippen molar-refractivity contribution in [2.45, 2.75) is 141 Å². The summed E-state index contributed by atoms with van der Waals surface area (Å²) in [5.41, 5.74) is 16.1. The van der Waals surface area contributed by atoms with Crippen LogP contribution < -0.4 is 20.5 Å². The Morgan fingerprint density at radius 1 is 0.938 bits per heavy atom. The molecule has 2 aliphatic carbocycles. The largest absolute Gasteiger partial charge is 0.508 e.